The second-order valence-corrected chi connectivity index (χ2v) is 8.40. The van der Waals surface area contributed by atoms with E-state index >= 15 is 0 Å². The molecule has 186 valence electrons. The molecule has 10 heteroatoms. The van der Waals surface area contributed by atoms with Gasteiger partial charge >= 0.3 is 5.69 Å². The Hall–Kier alpha value is -3.82. The number of amides is 2. The van der Waals surface area contributed by atoms with Gasteiger partial charge in [0, 0.05) is 52.1 Å². The number of para-hydroxylation sites is 2. The van der Waals surface area contributed by atoms with Crippen molar-refractivity contribution >= 4 is 34.5 Å². The Morgan fingerprint density at radius 2 is 1.69 bits per heavy atom. The molecule has 3 heterocycles. The third kappa shape index (κ3) is 5.01. The minimum Gasteiger partial charge on any atom is -0.495 e. The molecule has 2 amide bonds. The molecule has 0 atom stereocenters. The van der Waals surface area contributed by atoms with E-state index in [1.807, 2.05) is 38.1 Å². The van der Waals surface area contributed by atoms with Gasteiger partial charge in [0.25, 0.3) is 0 Å². The van der Waals surface area contributed by atoms with Gasteiger partial charge in [0.2, 0.25) is 11.8 Å². The number of nitrogens with zero attached hydrogens (tertiary/aromatic N) is 5. The summed E-state index contributed by atoms with van der Waals surface area (Å²) >= 11 is 0. The van der Waals surface area contributed by atoms with Crippen LogP contribution in [0.3, 0.4) is 0 Å². The molecule has 0 aliphatic carbocycles. The summed E-state index contributed by atoms with van der Waals surface area (Å²) in [5.41, 5.74) is 2.19. The highest BCUT2D eigenvalue weighted by atomic mass is 16.5. The summed E-state index contributed by atoms with van der Waals surface area (Å²) in [6.07, 6.45) is 0.205. The fraction of sp³-hybridized carbons (Fsp3) is 0.440. The van der Waals surface area contributed by atoms with Crippen molar-refractivity contribution in [2.45, 2.75) is 39.8 Å². The largest absolute Gasteiger partial charge is 0.495 e. The number of pyridine rings is 1. The number of anilines is 2. The predicted molar refractivity (Wildman–Crippen MR) is 135 cm³/mol. The first-order chi connectivity index (χ1) is 17.0. The molecule has 10 nitrogen and oxygen atoms in total. The van der Waals surface area contributed by atoms with Crippen LogP contribution in [0.15, 0.2) is 41.2 Å². The number of hydrogen-bond donors (Lipinski definition) is 1. The number of benzene rings is 1. The zero-order valence-electron chi connectivity index (χ0n) is 20.5. The summed E-state index contributed by atoms with van der Waals surface area (Å²) in [6, 6.07) is 11.3. The van der Waals surface area contributed by atoms with Gasteiger partial charge in [-0.3, -0.25) is 18.7 Å². The normalized spacial score (nSPS) is 13.8. The number of carbonyl (C=O) groups excluding carboxylic acids is 2. The monoisotopic (exact) mass is 480 g/mol. The Morgan fingerprint density at radius 1 is 0.971 bits per heavy atom. The Bertz CT molecular complexity index is 1270. The summed E-state index contributed by atoms with van der Waals surface area (Å²) < 4.78 is 8.69. The van der Waals surface area contributed by atoms with Crippen LogP contribution >= 0.6 is 0 Å². The maximum absolute atomic E-state index is 12.7. The minimum absolute atomic E-state index is 0.0388. The first-order valence-electron chi connectivity index (χ1n) is 12.0. The number of fused-ring (bicyclic) bond motifs is 1. The molecule has 0 unspecified atom stereocenters. The SMILES string of the molecule is CCn1c(=O)n(CC)c2nc(NC(=O)CCC(=O)N3CCN(c4ccccc4OC)CC3)ccc21. The quantitative estimate of drug-likeness (QED) is 0.531. The van der Waals surface area contributed by atoms with Crippen LogP contribution in [0.25, 0.3) is 11.2 Å². The topological polar surface area (TPSA) is 102 Å². The molecule has 0 bridgehead atoms. The van der Waals surface area contributed by atoms with Gasteiger partial charge in [-0.2, -0.15) is 0 Å². The van der Waals surface area contributed by atoms with Crippen molar-refractivity contribution in [2.24, 2.45) is 0 Å². The number of aryl methyl sites for hydroxylation is 2. The second-order valence-electron chi connectivity index (χ2n) is 8.40. The lowest BCUT2D eigenvalue weighted by atomic mass is 10.2. The number of imidazole rings is 1. The van der Waals surface area contributed by atoms with Crippen molar-refractivity contribution in [3.8, 4) is 5.75 Å². The molecule has 1 aliphatic heterocycles. The number of hydrogen-bond acceptors (Lipinski definition) is 6. The molecule has 0 saturated carbocycles. The summed E-state index contributed by atoms with van der Waals surface area (Å²) in [5.74, 6) is 0.870. The van der Waals surface area contributed by atoms with Gasteiger partial charge in [-0.15, -0.1) is 0 Å². The van der Waals surface area contributed by atoms with E-state index in [9.17, 15) is 14.4 Å². The molecule has 1 fully saturated rings. The fourth-order valence-corrected chi connectivity index (χ4v) is 4.52. The van der Waals surface area contributed by atoms with Crippen molar-refractivity contribution in [2.75, 3.05) is 43.5 Å². The third-order valence-electron chi connectivity index (χ3n) is 6.39. The van der Waals surface area contributed by atoms with Crippen LogP contribution < -0.4 is 20.6 Å². The number of methoxy groups -OCH3 is 1. The van der Waals surface area contributed by atoms with Crippen molar-refractivity contribution in [3.05, 3.63) is 46.9 Å². The Morgan fingerprint density at radius 3 is 2.37 bits per heavy atom. The van der Waals surface area contributed by atoms with Crippen LogP contribution in [0.2, 0.25) is 0 Å². The summed E-state index contributed by atoms with van der Waals surface area (Å²) in [4.78, 5) is 46.2. The van der Waals surface area contributed by atoms with Gasteiger partial charge in [-0.25, -0.2) is 9.78 Å². The van der Waals surface area contributed by atoms with Crippen LogP contribution in [0.1, 0.15) is 26.7 Å². The van der Waals surface area contributed by atoms with Gasteiger partial charge < -0.3 is 19.9 Å². The van der Waals surface area contributed by atoms with E-state index in [2.05, 4.69) is 15.2 Å². The lowest BCUT2D eigenvalue weighted by Crippen LogP contribution is -2.49. The van der Waals surface area contributed by atoms with Gasteiger partial charge in [0.1, 0.15) is 11.6 Å². The summed E-state index contributed by atoms with van der Waals surface area (Å²) in [6.45, 7) is 7.44. The molecule has 0 spiro atoms. The lowest BCUT2D eigenvalue weighted by Gasteiger charge is -2.36. The second kappa shape index (κ2) is 10.6. The Balaban J connectivity index is 1.31. The van der Waals surface area contributed by atoms with E-state index in [1.165, 1.54) is 0 Å². The van der Waals surface area contributed by atoms with Crippen LogP contribution in [0, 0.1) is 0 Å². The number of rotatable bonds is 8. The standard InChI is InChI=1S/C25H32N6O4/c1-4-30-19-10-11-21(27-24(19)31(5-2)25(30)34)26-22(32)12-13-23(33)29-16-14-28(15-17-29)18-8-6-7-9-20(18)35-3/h6-11H,4-5,12-17H2,1-3H3,(H,26,27,32). The number of nitrogens with one attached hydrogen (secondary N) is 1. The zero-order chi connectivity index (χ0) is 24.9. The van der Waals surface area contributed by atoms with Crippen molar-refractivity contribution in [3.63, 3.8) is 0 Å². The average Bonchev–Trinajstić information content (AvgIpc) is 3.16. The predicted octanol–water partition coefficient (Wildman–Crippen LogP) is 2.31. The maximum Gasteiger partial charge on any atom is 0.330 e. The van der Waals surface area contributed by atoms with Crippen LogP contribution in [0.5, 0.6) is 5.75 Å². The first kappa shape index (κ1) is 24.3. The molecule has 3 aromatic rings. The van der Waals surface area contributed by atoms with E-state index in [-0.39, 0.29) is 30.3 Å². The molecule has 1 aromatic carbocycles. The highest BCUT2D eigenvalue weighted by Gasteiger charge is 2.23. The zero-order valence-corrected chi connectivity index (χ0v) is 20.5. The minimum atomic E-state index is -0.279. The molecule has 4 rings (SSSR count). The van der Waals surface area contributed by atoms with E-state index in [4.69, 9.17) is 4.74 Å². The van der Waals surface area contributed by atoms with Gasteiger partial charge in [0.05, 0.1) is 18.3 Å². The van der Waals surface area contributed by atoms with E-state index in [1.54, 1.807) is 33.3 Å². The molecular formula is C25H32N6O4. The van der Waals surface area contributed by atoms with Gasteiger partial charge in [-0.05, 0) is 38.1 Å². The van der Waals surface area contributed by atoms with Crippen LogP contribution in [0.4, 0.5) is 11.5 Å². The molecule has 35 heavy (non-hydrogen) atoms. The van der Waals surface area contributed by atoms with E-state index < -0.39 is 0 Å². The van der Waals surface area contributed by atoms with Crippen molar-refractivity contribution in [1.29, 1.82) is 0 Å². The lowest BCUT2D eigenvalue weighted by molar-refractivity contribution is -0.133. The molecule has 1 N–H and O–H groups in total. The summed E-state index contributed by atoms with van der Waals surface area (Å²) in [5, 5.41) is 2.76. The summed E-state index contributed by atoms with van der Waals surface area (Å²) in [7, 11) is 1.65. The molecule has 1 saturated heterocycles. The number of ether oxygens (including phenoxy) is 1. The molecule has 2 aromatic heterocycles. The van der Waals surface area contributed by atoms with Gasteiger partial charge in [-0.1, -0.05) is 12.1 Å². The molecular weight excluding hydrogens is 448 g/mol. The van der Waals surface area contributed by atoms with Crippen LogP contribution in [-0.2, 0) is 22.7 Å². The highest BCUT2D eigenvalue weighted by molar-refractivity contribution is 5.93. The Kier molecular flexibility index (Phi) is 7.38. The van der Waals surface area contributed by atoms with E-state index in [0.29, 0.717) is 50.7 Å². The number of aromatic nitrogens is 3. The van der Waals surface area contributed by atoms with Crippen molar-refractivity contribution in [1.82, 2.24) is 19.0 Å². The smallest absolute Gasteiger partial charge is 0.330 e. The van der Waals surface area contributed by atoms with Crippen molar-refractivity contribution < 1.29 is 14.3 Å². The first-order valence-corrected chi connectivity index (χ1v) is 12.0. The van der Waals surface area contributed by atoms with Crippen LogP contribution in [-0.4, -0.2) is 64.1 Å². The maximum atomic E-state index is 12.7. The Labute approximate surface area is 204 Å². The number of piperazine rings is 1. The molecule has 0 radical (unpaired) electrons. The van der Waals surface area contributed by atoms with E-state index in [0.717, 1.165) is 17.0 Å². The fourth-order valence-electron chi connectivity index (χ4n) is 4.52. The average molecular weight is 481 g/mol. The molecule has 1 aliphatic rings. The van der Waals surface area contributed by atoms with Gasteiger partial charge in [0.15, 0.2) is 5.65 Å². The third-order valence-corrected chi connectivity index (χ3v) is 6.39. The number of carbonyl (C=O) groups is 2. The highest BCUT2D eigenvalue weighted by Crippen LogP contribution is 2.28.